The maximum atomic E-state index is 10.1. The molecule has 0 unspecified atom stereocenters. The van der Waals surface area contributed by atoms with Gasteiger partial charge in [-0.25, -0.2) is 9.78 Å². The number of aromatic nitrogens is 2. The summed E-state index contributed by atoms with van der Waals surface area (Å²) in [5.74, 6) is 0.524. The molecule has 0 fully saturated rings. The molecule has 8 heteroatoms. The Morgan fingerprint density at radius 2 is 2.27 bits per heavy atom. The van der Waals surface area contributed by atoms with Crippen LogP contribution in [0.1, 0.15) is 0 Å². The van der Waals surface area contributed by atoms with Crippen molar-refractivity contribution >= 4 is 29.5 Å². The van der Waals surface area contributed by atoms with E-state index in [1.807, 2.05) is 0 Å². The first-order chi connectivity index (χ1) is 7.08. The number of halogens is 1. The van der Waals surface area contributed by atoms with Crippen molar-refractivity contribution in [3.8, 4) is 0 Å². The predicted octanol–water partition coefficient (Wildman–Crippen LogP) is 0.392. The third-order valence-electron chi connectivity index (χ3n) is 1.42. The summed E-state index contributed by atoms with van der Waals surface area (Å²) in [6, 6.07) is 1.50. The summed E-state index contributed by atoms with van der Waals surface area (Å²) < 4.78 is 0. The number of amides is 1. The molecule has 0 aliphatic carbocycles. The minimum atomic E-state index is -1.07. The molecule has 7 nitrogen and oxygen atoms in total. The maximum Gasteiger partial charge on any atom is 0.404 e. The van der Waals surface area contributed by atoms with Gasteiger partial charge in [-0.05, 0) is 0 Å². The van der Waals surface area contributed by atoms with Gasteiger partial charge in [-0.1, -0.05) is 11.6 Å². The second kappa shape index (κ2) is 5.20. The fourth-order valence-electron chi connectivity index (χ4n) is 0.886. The standard InChI is InChI=1S/C7H10ClN5O2/c8-4-3-5(13-6(9)12-4)10-1-2-11-7(14)15/h3,11H,1-2H2,(H,14,15)(H3,9,10,12,13). The lowest BCUT2D eigenvalue weighted by atomic mass is 10.5. The van der Waals surface area contributed by atoms with Gasteiger partial charge >= 0.3 is 6.09 Å². The number of rotatable bonds is 4. The molecule has 82 valence electrons. The quantitative estimate of drug-likeness (QED) is 0.440. The zero-order valence-corrected chi connectivity index (χ0v) is 8.45. The van der Waals surface area contributed by atoms with Crippen LogP contribution < -0.4 is 16.4 Å². The van der Waals surface area contributed by atoms with E-state index >= 15 is 0 Å². The molecule has 1 aromatic heterocycles. The van der Waals surface area contributed by atoms with Gasteiger partial charge in [0.05, 0.1) is 0 Å². The van der Waals surface area contributed by atoms with Crippen molar-refractivity contribution in [2.75, 3.05) is 24.1 Å². The molecule has 0 aromatic carbocycles. The fourth-order valence-corrected chi connectivity index (χ4v) is 1.08. The van der Waals surface area contributed by atoms with E-state index in [0.29, 0.717) is 12.4 Å². The number of hydrogen-bond acceptors (Lipinski definition) is 5. The Hall–Kier alpha value is -1.76. The first-order valence-corrected chi connectivity index (χ1v) is 4.46. The number of nitrogens with one attached hydrogen (secondary N) is 2. The summed E-state index contributed by atoms with van der Waals surface area (Å²) in [5, 5.41) is 13.6. The van der Waals surface area contributed by atoms with Gasteiger partial charge in [-0.15, -0.1) is 0 Å². The van der Waals surface area contributed by atoms with Crippen molar-refractivity contribution in [1.82, 2.24) is 15.3 Å². The Labute approximate surface area is 90.7 Å². The van der Waals surface area contributed by atoms with Gasteiger partial charge in [0.15, 0.2) is 0 Å². The molecule has 0 aliphatic heterocycles. The summed E-state index contributed by atoms with van der Waals surface area (Å²) in [6.45, 7) is 0.649. The van der Waals surface area contributed by atoms with Crippen LogP contribution in [-0.2, 0) is 0 Å². The predicted molar refractivity (Wildman–Crippen MR) is 56.0 cm³/mol. The smallest absolute Gasteiger partial charge is 0.404 e. The second-order valence-corrected chi connectivity index (χ2v) is 2.98. The normalized spacial score (nSPS) is 9.67. The van der Waals surface area contributed by atoms with E-state index in [9.17, 15) is 4.79 Å². The number of carboxylic acid groups (broad SMARTS) is 1. The van der Waals surface area contributed by atoms with Crippen LogP contribution in [-0.4, -0.2) is 34.3 Å². The minimum Gasteiger partial charge on any atom is -0.465 e. The van der Waals surface area contributed by atoms with Gasteiger partial charge in [0.2, 0.25) is 5.95 Å². The van der Waals surface area contributed by atoms with Crippen LogP contribution in [0.4, 0.5) is 16.6 Å². The van der Waals surface area contributed by atoms with Gasteiger partial charge in [0.1, 0.15) is 11.0 Å². The summed E-state index contributed by atoms with van der Waals surface area (Å²) in [4.78, 5) is 17.6. The molecule has 0 bridgehead atoms. The van der Waals surface area contributed by atoms with Crippen molar-refractivity contribution in [2.45, 2.75) is 0 Å². The Balaban J connectivity index is 2.40. The van der Waals surface area contributed by atoms with Crippen molar-refractivity contribution in [1.29, 1.82) is 0 Å². The average Bonchev–Trinajstić information content (AvgIpc) is 2.10. The minimum absolute atomic E-state index is 0.0659. The van der Waals surface area contributed by atoms with E-state index in [-0.39, 0.29) is 17.6 Å². The Morgan fingerprint density at radius 1 is 1.53 bits per heavy atom. The van der Waals surface area contributed by atoms with Crippen LogP contribution in [0.25, 0.3) is 0 Å². The Bertz CT molecular complexity index is 339. The number of carbonyl (C=O) groups is 1. The molecule has 0 radical (unpaired) electrons. The van der Waals surface area contributed by atoms with Gasteiger partial charge < -0.3 is 21.5 Å². The molecule has 1 amide bonds. The zero-order chi connectivity index (χ0) is 11.3. The van der Waals surface area contributed by atoms with E-state index in [1.54, 1.807) is 0 Å². The summed E-state index contributed by atoms with van der Waals surface area (Å²) in [6.07, 6.45) is -1.07. The molecule has 1 rings (SSSR count). The van der Waals surface area contributed by atoms with E-state index in [4.69, 9.17) is 22.4 Å². The van der Waals surface area contributed by atoms with Crippen LogP contribution in [0.3, 0.4) is 0 Å². The van der Waals surface area contributed by atoms with Crippen molar-refractivity contribution < 1.29 is 9.90 Å². The summed E-state index contributed by atoms with van der Waals surface area (Å²) in [5.41, 5.74) is 5.36. The summed E-state index contributed by atoms with van der Waals surface area (Å²) >= 11 is 5.63. The van der Waals surface area contributed by atoms with Crippen LogP contribution in [0.2, 0.25) is 5.15 Å². The number of hydrogen-bond donors (Lipinski definition) is 4. The largest absolute Gasteiger partial charge is 0.465 e. The van der Waals surface area contributed by atoms with E-state index in [0.717, 1.165) is 0 Å². The molecule has 15 heavy (non-hydrogen) atoms. The van der Waals surface area contributed by atoms with E-state index in [1.165, 1.54) is 6.07 Å². The van der Waals surface area contributed by atoms with E-state index < -0.39 is 6.09 Å². The number of nitrogen functional groups attached to an aromatic ring is 1. The molecule has 1 aromatic rings. The highest BCUT2D eigenvalue weighted by Crippen LogP contribution is 2.11. The molecule has 0 aliphatic rings. The van der Waals surface area contributed by atoms with Crippen LogP contribution in [0, 0.1) is 0 Å². The maximum absolute atomic E-state index is 10.1. The molecule has 0 saturated carbocycles. The molecule has 0 atom stereocenters. The van der Waals surface area contributed by atoms with Crippen molar-refractivity contribution in [3.05, 3.63) is 11.2 Å². The van der Waals surface area contributed by atoms with E-state index in [2.05, 4.69) is 20.6 Å². The number of nitrogens with zero attached hydrogens (tertiary/aromatic N) is 2. The second-order valence-electron chi connectivity index (χ2n) is 2.59. The molecule has 5 N–H and O–H groups in total. The third-order valence-corrected chi connectivity index (χ3v) is 1.61. The SMILES string of the molecule is Nc1nc(Cl)cc(NCCNC(=O)O)n1. The van der Waals surface area contributed by atoms with Gasteiger partial charge in [-0.3, -0.25) is 0 Å². The fraction of sp³-hybridized carbons (Fsp3) is 0.286. The van der Waals surface area contributed by atoms with Crippen molar-refractivity contribution in [3.63, 3.8) is 0 Å². The van der Waals surface area contributed by atoms with Crippen LogP contribution in [0.5, 0.6) is 0 Å². The number of anilines is 2. The topological polar surface area (TPSA) is 113 Å². The lowest BCUT2D eigenvalue weighted by molar-refractivity contribution is 0.195. The lowest BCUT2D eigenvalue weighted by Crippen LogP contribution is -2.27. The molecule has 1 heterocycles. The monoisotopic (exact) mass is 231 g/mol. The van der Waals surface area contributed by atoms with Gasteiger partial charge in [0, 0.05) is 19.2 Å². The third kappa shape index (κ3) is 4.32. The van der Waals surface area contributed by atoms with Gasteiger partial charge in [0.25, 0.3) is 0 Å². The highest BCUT2D eigenvalue weighted by molar-refractivity contribution is 6.29. The highest BCUT2D eigenvalue weighted by atomic mass is 35.5. The lowest BCUT2D eigenvalue weighted by Gasteiger charge is -2.05. The highest BCUT2D eigenvalue weighted by Gasteiger charge is 1.99. The molecular weight excluding hydrogens is 222 g/mol. The summed E-state index contributed by atoms with van der Waals surface area (Å²) in [7, 11) is 0. The van der Waals surface area contributed by atoms with Crippen molar-refractivity contribution in [2.24, 2.45) is 0 Å². The molecular formula is C7H10ClN5O2. The first-order valence-electron chi connectivity index (χ1n) is 4.08. The van der Waals surface area contributed by atoms with Gasteiger partial charge in [-0.2, -0.15) is 4.98 Å². The average molecular weight is 232 g/mol. The Kier molecular flexibility index (Phi) is 3.92. The zero-order valence-electron chi connectivity index (χ0n) is 7.70. The van der Waals surface area contributed by atoms with Crippen LogP contribution in [0.15, 0.2) is 6.07 Å². The molecule has 0 spiro atoms. The molecule has 0 saturated heterocycles. The number of nitrogens with two attached hydrogens (primary N) is 1. The van der Waals surface area contributed by atoms with Crippen LogP contribution >= 0.6 is 11.6 Å². The first kappa shape index (κ1) is 11.3. The Morgan fingerprint density at radius 3 is 2.87 bits per heavy atom.